The molecule has 0 spiro atoms. The first-order valence-corrected chi connectivity index (χ1v) is 10.4. The number of likely N-dealkylation sites (tertiary alicyclic amines) is 1. The number of benzene rings is 2. The van der Waals surface area contributed by atoms with E-state index in [0.717, 1.165) is 25.1 Å². The normalized spacial score (nSPS) is 19.8. The van der Waals surface area contributed by atoms with Gasteiger partial charge in [0.25, 0.3) is 5.82 Å². The van der Waals surface area contributed by atoms with Gasteiger partial charge in [-0.25, -0.2) is 0 Å². The number of nitrogens with zero attached hydrogens (tertiary/aromatic N) is 5. The predicted molar refractivity (Wildman–Crippen MR) is 113 cm³/mol. The molecule has 0 radical (unpaired) electrons. The number of tetrazole rings is 1. The maximum absolute atomic E-state index is 13.2. The number of halogens is 3. The van der Waals surface area contributed by atoms with E-state index in [0.29, 0.717) is 22.9 Å². The van der Waals surface area contributed by atoms with Crippen LogP contribution in [0.3, 0.4) is 0 Å². The highest BCUT2D eigenvalue weighted by Gasteiger charge is 2.38. The van der Waals surface area contributed by atoms with Crippen LogP contribution in [-0.2, 0) is 12.7 Å². The summed E-state index contributed by atoms with van der Waals surface area (Å²) in [4.78, 5) is 2.31. The Morgan fingerprint density at radius 3 is 2.66 bits per heavy atom. The first kappa shape index (κ1) is 22.2. The van der Waals surface area contributed by atoms with Crippen LogP contribution >= 0.6 is 0 Å². The van der Waals surface area contributed by atoms with Crippen LogP contribution in [0.15, 0.2) is 48.5 Å². The lowest BCUT2D eigenvalue weighted by atomic mass is 9.86. The van der Waals surface area contributed by atoms with E-state index in [1.54, 1.807) is 19.2 Å². The van der Waals surface area contributed by atoms with E-state index >= 15 is 0 Å². The molecule has 2 heterocycles. The molecule has 2 atom stereocenters. The maximum Gasteiger partial charge on any atom is 0.453 e. The van der Waals surface area contributed by atoms with Crippen molar-refractivity contribution < 1.29 is 17.9 Å². The topological polar surface area (TPSA) is 68.1 Å². The molecule has 3 aromatic rings. The van der Waals surface area contributed by atoms with E-state index in [2.05, 4.69) is 44.9 Å². The van der Waals surface area contributed by atoms with Crippen LogP contribution in [0.1, 0.15) is 29.3 Å². The van der Waals surface area contributed by atoms with Gasteiger partial charge in [0.15, 0.2) is 0 Å². The fraction of sp³-hybridized carbons (Fsp3) is 0.409. The van der Waals surface area contributed by atoms with Crippen molar-refractivity contribution in [3.63, 3.8) is 0 Å². The quantitative estimate of drug-likeness (QED) is 0.627. The third-order valence-corrected chi connectivity index (χ3v) is 5.83. The number of aromatic nitrogens is 4. The van der Waals surface area contributed by atoms with E-state index in [1.807, 2.05) is 18.2 Å². The third kappa shape index (κ3) is 4.76. The van der Waals surface area contributed by atoms with Crippen LogP contribution < -0.4 is 10.1 Å². The minimum absolute atomic E-state index is 0.223. The van der Waals surface area contributed by atoms with E-state index in [1.165, 1.54) is 11.6 Å². The highest BCUT2D eigenvalue weighted by Crippen LogP contribution is 2.31. The Morgan fingerprint density at radius 1 is 1.16 bits per heavy atom. The molecule has 1 saturated heterocycles. The summed E-state index contributed by atoms with van der Waals surface area (Å²) in [5, 5.41) is 13.5. The lowest BCUT2D eigenvalue weighted by Gasteiger charge is -2.38. The molecule has 0 bridgehead atoms. The first-order chi connectivity index (χ1) is 15.4. The van der Waals surface area contributed by atoms with Gasteiger partial charge >= 0.3 is 6.18 Å². The van der Waals surface area contributed by atoms with Gasteiger partial charge in [-0.05, 0) is 54.2 Å². The lowest BCUT2D eigenvalue weighted by molar-refractivity contribution is -0.146. The van der Waals surface area contributed by atoms with Gasteiger partial charge in [0, 0.05) is 30.6 Å². The van der Waals surface area contributed by atoms with Crippen LogP contribution in [0.5, 0.6) is 5.75 Å². The number of alkyl halides is 3. The standard InChI is InChI=1S/C22H25F3N6O/c1-30-11-10-19(18(14-30)15-6-4-3-5-7-15)26-13-16-12-17(8-9-20(16)32-2)31-21(22(23,24)25)27-28-29-31/h3-9,12,18-19,26H,10-11,13-14H2,1-2H3/t18-,19-/m0/s1. The number of hydrogen-bond donors (Lipinski definition) is 1. The molecule has 4 rings (SSSR count). The number of ether oxygens (including phenoxy) is 1. The van der Waals surface area contributed by atoms with Gasteiger partial charge in [-0.1, -0.05) is 30.3 Å². The average Bonchev–Trinajstić information content (AvgIpc) is 3.29. The number of piperidine rings is 1. The third-order valence-electron chi connectivity index (χ3n) is 5.83. The highest BCUT2D eigenvalue weighted by atomic mass is 19.4. The Morgan fingerprint density at radius 2 is 1.94 bits per heavy atom. The summed E-state index contributed by atoms with van der Waals surface area (Å²) in [5.41, 5.74) is 2.23. The van der Waals surface area contributed by atoms with Gasteiger partial charge in [-0.2, -0.15) is 17.9 Å². The SMILES string of the molecule is COc1ccc(-n2nnnc2C(F)(F)F)cc1CN[C@H]1CCN(C)C[C@H]1c1ccccc1. The summed E-state index contributed by atoms with van der Waals surface area (Å²) < 4.78 is 45.9. The molecule has 0 unspecified atom stereocenters. The molecule has 1 aromatic heterocycles. The summed E-state index contributed by atoms with van der Waals surface area (Å²) >= 11 is 0. The molecule has 2 aromatic carbocycles. The summed E-state index contributed by atoms with van der Waals surface area (Å²) in [7, 11) is 3.65. The van der Waals surface area contributed by atoms with Crippen molar-refractivity contribution in [2.45, 2.75) is 31.1 Å². The number of likely N-dealkylation sites (N-methyl/N-ethyl adjacent to an activating group) is 1. The van der Waals surface area contributed by atoms with Crippen molar-refractivity contribution >= 4 is 0 Å². The zero-order valence-corrected chi connectivity index (χ0v) is 17.9. The minimum atomic E-state index is -4.65. The summed E-state index contributed by atoms with van der Waals surface area (Å²) in [6, 6.07) is 15.4. The van der Waals surface area contributed by atoms with Crippen molar-refractivity contribution in [3.05, 3.63) is 65.5 Å². The van der Waals surface area contributed by atoms with Gasteiger partial charge in [0.1, 0.15) is 5.75 Å². The molecule has 1 aliphatic rings. The summed E-state index contributed by atoms with van der Waals surface area (Å²) in [6.45, 7) is 2.34. The van der Waals surface area contributed by atoms with Crippen molar-refractivity contribution in [2.24, 2.45) is 0 Å². The summed E-state index contributed by atoms with van der Waals surface area (Å²) in [6.07, 6.45) is -3.69. The molecule has 0 saturated carbocycles. The molecule has 1 N–H and O–H groups in total. The van der Waals surface area contributed by atoms with Gasteiger partial charge < -0.3 is 15.0 Å². The van der Waals surface area contributed by atoms with E-state index in [4.69, 9.17) is 4.74 Å². The van der Waals surface area contributed by atoms with E-state index in [-0.39, 0.29) is 11.7 Å². The second kappa shape index (κ2) is 9.25. The Labute approximate surface area is 184 Å². The van der Waals surface area contributed by atoms with Crippen molar-refractivity contribution in [2.75, 3.05) is 27.2 Å². The van der Waals surface area contributed by atoms with Gasteiger partial charge in [-0.3, -0.25) is 0 Å². The largest absolute Gasteiger partial charge is 0.496 e. The van der Waals surface area contributed by atoms with Crippen LogP contribution in [-0.4, -0.2) is 58.4 Å². The fourth-order valence-electron chi connectivity index (χ4n) is 4.21. The Hall–Kier alpha value is -2.98. The average molecular weight is 446 g/mol. The van der Waals surface area contributed by atoms with Crippen LogP contribution in [0.2, 0.25) is 0 Å². The Kier molecular flexibility index (Phi) is 6.43. The van der Waals surface area contributed by atoms with Crippen LogP contribution in [0, 0.1) is 0 Å². The van der Waals surface area contributed by atoms with Crippen molar-refractivity contribution in [1.29, 1.82) is 0 Å². The minimum Gasteiger partial charge on any atom is -0.496 e. The van der Waals surface area contributed by atoms with Crippen LogP contribution in [0.25, 0.3) is 5.69 Å². The first-order valence-electron chi connectivity index (χ1n) is 10.4. The smallest absolute Gasteiger partial charge is 0.453 e. The number of hydrogen-bond acceptors (Lipinski definition) is 6. The molecule has 7 nitrogen and oxygen atoms in total. The number of methoxy groups -OCH3 is 1. The molecule has 0 aliphatic carbocycles. The molecule has 0 amide bonds. The molecule has 10 heteroatoms. The molecule has 1 aliphatic heterocycles. The molecule has 170 valence electrons. The van der Waals surface area contributed by atoms with Gasteiger partial charge in [-0.15, -0.1) is 5.10 Å². The van der Waals surface area contributed by atoms with Crippen molar-refractivity contribution in [3.8, 4) is 11.4 Å². The Bertz CT molecular complexity index is 1040. The second-order valence-electron chi connectivity index (χ2n) is 7.96. The zero-order valence-electron chi connectivity index (χ0n) is 17.9. The second-order valence-corrected chi connectivity index (χ2v) is 7.96. The molecule has 1 fully saturated rings. The van der Waals surface area contributed by atoms with Gasteiger partial charge in [0.05, 0.1) is 12.8 Å². The number of nitrogens with one attached hydrogen (secondary N) is 1. The highest BCUT2D eigenvalue weighted by molar-refractivity contribution is 5.44. The fourth-order valence-corrected chi connectivity index (χ4v) is 4.21. The van der Waals surface area contributed by atoms with Crippen molar-refractivity contribution in [1.82, 2.24) is 30.4 Å². The van der Waals surface area contributed by atoms with E-state index < -0.39 is 12.0 Å². The van der Waals surface area contributed by atoms with Crippen LogP contribution in [0.4, 0.5) is 13.2 Å². The lowest BCUT2D eigenvalue weighted by Crippen LogP contribution is -2.46. The van der Waals surface area contributed by atoms with E-state index in [9.17, 15) is 13.2 Å². The molecule has 32 heavy (non-hydrogen) atoms. The monoisotopic (exact) mass is 446 g/mol. The zero-order chi connectivity index (χ0) is 22.7. The summed E-state index contributed by atoms with van der Waals surface area (Å²) in [5.74, 6) is -0.270. The van der Waals surface area contributed by atoms with Gasteiger partial charge in [0.2, 0.25) is 0 Å². The molecular weight excluding hydrogens is 421 g/mol. The molecular formula is C22H25F3N6O. The predicted octanol–water partition coefficient (Wildman–Crippen LogP) is 3.27. The number of rotatable bonds is 6. The Balaban J connectivity index is 1.57. The maximum atomic E-state index is 13.2.